The zero-order chi connectivity index (χ0) is 21.3. The van der Waals surface area contributed by atoms with Crippen molar-refractivity contribution in [3.63, 3.8) is 0 Å². The van der Waals surface area contributed by atoms with Gasteiger partial charge in [0.15, 0.2) is 0 Å². The molecule has 3 N–H and O–H groups in total. The average molecular weight is 415 g/mol. The second kappa shape index (κ2) is 7.97. The van der Waals surface area contributed by atoms with Crippen LogP contribution in [-0.2, 0) is 9.59 Å². The van der Waals surface area contributed by atoms with E-state index in [0.717, 1.165) is 0 Å². The molecule has 3 aromatic rings. The second-order valence-corrected chi connectivity index (χ2v) is 7.12. The van der Waals surface area contributed by atoms with Crippen LogP contribution in [0.1, 0.15) is 34.5 Å². The van der Waals surface area contributed by atoms with Gasteiger partial charge in [0.25, 0.3) is 5.91 Å². The molecule has 0 radical (unpaired) electrons. The van der Waals surface area contributed by atoms with Gasteiger partial charge in [-0.05, 0) is 55.8 Å². The summed E-state index contributed by atoms with van der Waals surface area (Å²) in [4.78, 5) is 36.4. The molecule has 1 atom stereocenters. The zero-order valence-electron chi connectivity index (χ0n) is 15.8. The Kier molecular flexibility index (Phi) is 5.61. The van der Waals surface area contributed by atoms with Crippen molar-refractivity contribution in [3.8, 4) is 5.75 Å². The number of phenolic OH excluding ortho intramolecular Hbond substituents is 1. The Balaban J connectivity index is 2.15. The number of carboxylic acids is 1. The molecule has 7 nitrogen and oxygen atoms in total. The minimum atomic E-state index is -1.15. The Morgan fingerprint density at radius 1 is 1.17 bits per heavy atom. The van der Waals surface area contributed by atoms with Gasteiger partial charge in [-0.25, -0.2) is 0 Å². The maximum atomic E-state index is 13.2. The van der Waals surface area contributed by atoms with Crippen molar-refractivity contribution in [1.29, 1.82) is 0 Å². The number of aromatic nitrogens is 1. The molecule has 0 saturated heterocycles. The van der Waals surface area contributed by atoms with Crippen molar-refractivity contribution in [3.05, 3.63) is 64.3 Å². The highest BCUT2D eigenvalue weighted by Gasteiger charge is 2.27. The van der Waals surface area contributed by atoms with Gasteiger partial charge in [-0.15, -0.1) is 0 Å². The van der Waals surface area contributed by atoms with E-state index in [4.69, 9.17) is 16.7 Å². The van der Waals surface area contributed by atoms with Gasteiger partial charge in [0.1, 0.15) is 12.3 Å². The summed E-state index contributed by atoms with van der Waals surface area (Å²) in [5.74, 6) is -2.73. The highest BCUT2D eigenvalue weighted by atomic mass is 35.5. The normalized spacial score (nSPS) is 12.0. The maximum absolute atomic E-state index is 13.2. The fourth-order valence-electron chi connectivity index (χ4n) is 3.44. The Hall–Kier alpha value is -3.32. The Morgan fingerprint density at radius 2 is 1.90 bits per heavy atom. The molecule has 2 aromatic carbocycles. The van der Waals surface area contributed by atoms with Gasteiger partial charge < -0.3 is 15.5 Å². The smallest absolute Gasteiger partial charge is 0.322 e. The molecule has 0 spiro atoms. The molecule has 8 heteroatoms. The number of nitrogens with one attached hydrogen (secondary N) is 1. The first-order chi connectivity index (χ1) is 13.7. The van der Waals surface area contributed by atoms with Gasteiger partial charge in [-0.2, -0.15) is 0 Å². The van der Waals surface area contributed by atoms with E-state index in [9.17, 15) is 19.5 Å². The van der Waals surface area contributed by atoms with Crippen molar-refractivity contribution in [2.45, 2.75) is 19.8 Å². The highest BCUT2D eigenvalue weighted by Crippen LogP contribution is 2.34. The number of carboxylic acid groups (broad SMARTS) is 1. The molecule has 150 valence electrons. The minimum absolute atomic E-state index is 0.00995. The average Bonchev–Trinajstić information content (AvgIpc) is 2.95. The van der Waals surface area contributed by atoms with Crippen molar-refractivity contribution >= 4 is 40.3 Å². The van der Waals surface area contributed by atoms with Gasteiger partial charge in [0, 0.05) is 21.7 Å². The number of hydrogen-bond donors (Lipinski definition) is 3. The number of halogens is 1. The van der Waals surface area contributed by atoms with E-state index in [0.29, 0.717) is 32.7 Å². The predicted molar refractivity (Wildman–Crippen MR) is 109 cm³/mol. The molecule has 0 bridgehead atoms. The molecular weight excluding hydrogens is 396 g/mol. The number of aliphatic carboxylic acids is 1. The fourth-order valence-corrected chi connectivity index (χ4v) is 3.63. The summed E-state index contributed by atoms with van der Waals surface area (Å²) < 4.78 is 1.47. The number of nitrogens with zero attached hydrogens (tertiary/aromatic N) is 1. The number of rotatable bonds is 5. The van der Waals surface area contributed by atoms with Gasteiger partial charge in [0.05, 0.1) is 11.4 Å². The molecule has 1 aromatic heterocycles. The number of amides is 1. The summed E-state index contributed by atoms with van der Waals surface area (Å²) in [7, 11) is 0. The van der Waals surface area contributed by atoms with Crippen LogP contribution in [0.3, 0.4) is 0 Å². The third-order valence-electron chi connectivity index (χ3n) is 4.75. The standard InChI is InChI=1S/C21H19ClN2O5/c1-11(20(28)23-10-18(26)27)19-12(2)24(17-7-6-15(25)9-16(17)19)21(29)13-4-3-5-14(22)8-13/h3-9,11,25H,10H2,1-2H3,(H,23,28)(H,26,27)/t11-/m0/s1. The molecule has 1 heterocycles. The number of phenols is 1. The van der Waals surface area contributed by atoms with E-state index in [1.807, 2.05) is 0 Å². The lowest BCUT2D eigenvalue weighted by atomic mass is 9.97. The number of aromatic hydroxyl groups is 1. The topological polar surface area (TPSA) is 109 Å². The molecule has 0 saturated carbocycles. The molecule has 0 unspecified atom stereocenters. The molecule has 0 aliphatic rings. The summed E-state index contributed by atoms with van der Waals surface area (Å²) in [5, 5.41) is 22.1. The van der Waals surface area contributed by atoms with Crippen LogP contribution in [0, 0.1) is 6.92 Å². The monoisotopic (exact) mass is 414 g/mol. The van der Waals surface area contributed by atoms with Crippen molar-refractivity contribution in [2.75, 3.05) is 6.54 Å². The van der Waals surface area contributed by atoms with E-state index in [2.05, 4.69) is 5.32 Å². The van der Waals surface area contributed by atoms with Crippen LogP contribution < -0.4 is 5.32 Å². The Morgan fingerprint density at radius 3 is 2.55 bits per heavy atom. The van der Waals surface area contributed by atoms with E-state index >= 15 is 0 Å². The van der Waals surface area contributed by atoms with E-state index < -0.39 is 24.3 Å². The van der Waals surface area contributed by atoms with Gasteiger partial charge in [-0.1, -0.05) is 17.7 Å². The summed E-state index contributed by atoms with van der Waals surface area (Å²) in [6, 6.07) is 11.1. The maximum Gasteiger partial charge on any atom is 0.322 e. The minimum Gasteiger partial charge on any atom is -0.508 e. The largest absolute Gasteiger partial charge is 0.508 e. The van der Waals surface area contributed by atoms with Gasteiger partial charge >= 0.3 is 5.97 Å². The molecule has 0 fully saturated rings. The zero-order valence-corrected chi connectivity index (χ0v) is 16.5. The third-order valence-corrected chi connectivity index (χ3v) is 4.99. The first-order valence-electron chi connectivity index (χ1n) is 8.84. The molecule has 1 amide bonds. The van der Waals surface area contributed by atoms with Crippen LogP contribution in [0.15, 0.2) is 42.5 Å². The predicted octanol–water partition coefficient (Wildman–Crippen LogP) is 3.30. The Labute approximate surface area is 171 Å². The number of carbonyl (C=O) groups is 3. The molecule has 0 aliphatic carbocycles. The van der Waals surface area contributed by atoms with E-state index in [1.165, 1.54) is 16.7 Å². The van der Waals surface area contributed by atoms with Gasteiger partial charge in [-0.3, -0.25) is 19.0 Å². The summed E-state index contributed by atoms with van der Waals surface area (Å²) in [5.41, 5.74) is 1.96. The summed E-state index contributed by atoms with van der Waals surface area (Å²) in [6.45, 7) is 2.82. The first kappa shape index (κ1) is 20.4. The lowest BCUT2D eigenvalue weighted by Crippen LogP contribution is -2.32. The van der Waals surface area contributed by atoms with Crippen LogP contribution >= 0.6 is 11.6 Å². The fraction of sp³-hybridized carbons (Fsp3) is 0.190. The summed E-state index contributed by atoms with van der Waals surface area (Å²) >= 11 is 6.02. The second-order valence-electron chi connectivity index (χ2n) is 6.68. The van der Waals surface area contributed by atoms with Crippen LogP contribution in [0.4, 0.5) is 0 Å². The van der Waals surface area contributed by atoms with Crippen LogP contribution in [-0.4, -0.2) is 39.1 Å². The third kappa shape index (κ3) is 3.95. The van der Waals surface area contributed by atoms with Crippen LogP contribution in [0.25, 0.3) is 10.9 Å². The quantitative estimate of drug-likeness (QED) is 0.593. The van der Waals surface area contributed by atoms with E-state index in [-0.39, 0.29) is 11.7 Å². The van der Waals surface area contributed by atoms with Crippen molar-refractivity contribution in [2.24, 2.45) is 0 Å². The highest BCUT2D eigenvalue weighted by molar-refractivity contribution is 6.31. The molecule has 29 heavy (non-hydrogen) atoms. The first-order valence-corrected chi connectivity index (χ1v) is 9.22. The molecular formula is C21H19ClN2O5. The van der Waals surface area contributed by atoms with E-state index in [1.54, 1.807) is 44.2 Å². The van der Waals surface area contributed by atoms with Crippen molar-refractivity contribution < 1.29 is 24.6 Å². The molecule has 0 aliphatic heterocycles. The van der Waals surface area contributed by atoms with Crippen LogP contribution in [0.5, 0.6) is 5.75 Å². The Bertz CT molecular complexity index is 1140. The number of hydrogen-bond acceptors (Lipinski definition) is 4. The molecule has 3 rings (SSSR count). The van der Waals surface area contributed by atoms with Gasteiger partial charge in [0.2, 0.25) is 5.91 Å². The lowest BCUT2D eigenvalue weighted by molar-refractivity contribution is -0.138. The SMILES string of the molecule is Cc1c([C@H](C)C(=O)NCC(=O)O)c2cc(O)ccc2n1C(=O)c1cccc(Cl)c1. The number of benzene rings is 2. The number of fused-ring (bicyclic) bond motifs is 1. The number of carbonyl (C=O) groups excluding carboxylic acids is 2. The lowest BCUT2D eigenvalue weighted by Gasteiger charge is -2.13. The van der Waals surface area contributed by atoms with Crippen molar-refractivity contribution in [1.82, 2.24) is 9.88 Å². The summed E-state index contributed by atoms with van der Waals surface area (Å²) in [6.07, 6.45) is 0. The van der Waals surface area contributed by atoms with Crippen LogP contribution in [0.2, 0.25) is 5.02 Å².